The van der Waals surface area contributed by atoms with Crippen molar-refractivity contribution in [2.24, 2.45) is 0 Å². The molecule has 1 aliphatic rings. The van der Waals surface area contributed by atoms with Crippen molar-refractivity contribution in [3.8, 4) is 0 Å². The van der Waals surface area contributed by atoms with E-state index in [1.54, 1.807) is 17.0 Å². The van der Waals surface area contributed by atoms with E-state index >= 15 is 0 Å². The molecule has 3 heterocycles. The molecular formula is C14H18N4O2. The van der Waals surface area contributed by atoms with Crippen molar-refractivity contribution in [1.82, 2.24) is 14.5 Å². The van der Waals surface area contributed by atoms with Crippen molar-refractivity contribution in [2.45, 2.75) is 25.5 Å². The molecule has 2 aromatic rings. The highest BCUT2D eigenvalue weighted by atomic mass is 16.5. The lowest BCUT2D eigenvalue weighted by molar-refractivity contribution is 0.0963. The Bertz CT molecular complexity index is 674. The lowest BCUT2D eigenvalue weighted by Crippen LogP contribution is -2.26. The van der Waals surface area contributed by atoms with Gasteiger partial charge in [0, 0.05) is 33.1 Å². The fraction of sp³-hybridized carbons (Fsp3) is 0.500. The third-order valence-electron chi connectivity index (χ3n) is 3.53. The number of fused-ring (bicyclic) bond motifs is 1. The lowest BCUT2D eigenvalue weighted by Gasteiger charge is -2.13. The maximum absolute atomic E-state index is 12.4. The minimum Gasteiger partial charge on any atom is -0.376 e. The van der Waals surface area contributed by atoms with Gasteiger partial charge in [-0.25, -0.2) is 9.97 Å². The van der Waals surface area contributed by atoms with E-state index in [1.807, 2.05) is 25.1 Å². The molecule has 1 saturated heterocycles. The molecule has 0 bridgehead atoms. The van der Waals surface area contributed by atoms with Crippen LogP contribution in [0.15, 0.2) is 23.3 Å². The first-order valence-electron chi connectivity index (χ1n) is 6.80. The molecule has 0 radical (unpaired) electrons. The topological polar surface area (TPSA) is 60.2 Å². The minimum absolute atomic E-state index is 0.0525. The maximum atomic E-state index is 12.4. The zero-order valence-corrected chi connectivity index (χ0v) is 11.7. The summed E-state index contributed by atoms with van der Waals surface area (Å²) in [7, 11) is 3.75. The normalized spacial score (nSPS) is 18.6. The van der Waals surface area contributed by atoms with E-state index in [-0.39, 0.29) is 11.7 Å². The summed E-state index contributed by atoms with van der Waals surface area (Å²) in [4.78, 5) is 22.8. The van der Waals surface area contributed by atoms with Crippen molar-refractivity contribution in [3.63, 3.8) is 0 Å². The monoisotopic (exact) mass is 274 g/mol. The van der Waals surface area contributed by atoms with Gasteiger partial charge in [-0.05, 0) is 18.9 Å². The van der Waals surface area contributed by atoms with Gasteiger partial charge in [0.1, 0.15) is 0 Å². The molecule has 0 aromatic carbocycles. The molecule has 0 amide bonds. The SMILES string of the molecule is CN(C)c1ncc2c(=O)n(CC3CCCO3)ccc2n1. The van der Waals surface area contributed by atoms with E-state index in [1.165, 1.54) is 0 Å². The first kappa shape index (κ1) is 13.1. The second kappa shape index (κ2) is 5.20. The Kier molecular flexibility index (Phi) is 3.40. The van der Waals surface area contributed by atoms with E-state index in [9.17, 15) is 4.79 Å². The van der Waals surface area contributed by atoms with Crippen LogP contribution in [0.25, 0.3) is 10.9 Å². The van der Waals surface area contributed by atoms with Crippen LogP contribution in [0.5, 0.6) is 0 Å². The Morgan fingerprint density at radius 3 is 3.05 bits per heavy atom. The second-order valence-corrected chi connectivity index (χ2v) is 5.27. The Labute approximate surface area is 117 Å². The zero-order valence-electron chi connectivity index (χ0n) is 11.7. The van der Waals surface area contributed by atoms with Crippen LogP contribution in [0.4, 0.5) is 5.95 Å². The number of hydrogen-bond acceptors (Lipinski definition) is 5. The van der Waals surface area contributed by atoms with E-state index < -0.39 is 0 Å². The van der Waals surface area contributed by atoms with Gasteiger partial charge in [0.15, 0.2) is 0 Å². The highest BCUT2D eigenvalue weighted by Gasteiger charge is 2.17. The van der Waals surface area contributed by atoms with Crippen LogP contribution in [0.2, 0.25) is 0 Å². The Morgan fingerprint density at radius 1 is 1.50 bits per heavy atom. The molecule has 20 heavy (non-hydrogen) atoms. The van der Waals surface area contributed by atoms with E-state index in [4.69, 9.17) is 4.74 Å². The number of rotatable bonds is 3. The van der Waals surface area contributed by atoms with Crippen LogP contribution in [0.1, 0.15) is 12.8 Å². The summed E-state index contributed by atoms with van der Waals surface area (Å²) < 4.78 is 7.27. The van der Waals surface area contributed by atoms with Gasteiger partial charge >= 0.3 is 0 Å². The van der Waals surface area contributed by atoms with Crippen molar-refractivity contribution in [3.05, 3.63) is 28.8 Å². The van der Waals surface area contributed by atoms with Crippen molar-refractivity contribution < 1.29 is 4.74 Å². The molecule has 1 fully saturated rings. The highest BCUT2D eigenvalue weighted by molar-refractivity contribution is 5.77. The number of hydrogen-bond donors (Lipinski definition) is 0. The molecular weight excluding hydrogens is 256 g/mol. The van der Waals surface area contributed by atoms with E-state index in [0.29, 0.717) is 23.4 Å². The smallest absolute Gasteiger partial charge is 0.261 e. The van der Waals surface area contributed by atoms with E-state index in [0.717, 1.165) is 19.4 Å². The molecule has 106 valence electrons. The first-order valence-corrected chi connectivity index (χ1v) is 6.80. The fourth-order valence-corrected chi connectivity index (χ4v) is 2.43. The minimum atomic E-state index is -0.0525. The van der Waals surface area contributed by atoms with Crippen LogP contribution < -0.4 is 10.5 Å². The summed E-state index contributed by atoms with van der Waals surface area (Å²) in [6.45, 7) is 1.40. The van der Waals surface area contributed by atoms with Crippen LogP contribution in [-0.4, -0.2) is 41.3 Å². The third-order valence-corrected chi connectivity index (χ3v) is 3.53. The molecule has 0 spiro atoms. The van der Waals surface area contributed by atoms with Crippen LogP contribution in [-0.2, 0) is 11.3 Å². The van der Waals surface area contributed by atoms with Gasteiger partial charge in [-0.1, -0.05) is 0 Å². The van der Waals surface area contributed by atoms with Crippen molar-refractivity contribution in [1.29, 1.82) is 0 Å². The quantitative estimate of drug-likeness (QED) is 0.837. The molecule has 1 unspecified atom stereocenters. The van der Waals surface area contributed by atoms with Gasteiger partial charge in [0.05, 0.1) is 23.6 Å². The molecule has 2 aromatic heterocycles. The summed E-state index contributed by atoms with van der Waals surface area (Å²) in [5, 5.41) is 0.552. The number of aromatic nitrogens is 3. The van der Waals surface area contributed by atoms with Crippen LogP contribution >= 0.6 is 0 Å². The van der Waals surface area contributed by atoms with Crippen molar-refractivity contribution in [2.75, 3.05) is 25.6 Å². The zero-order chi connectivity index (χ0) is 14.1. The Morgan fingerprint density at radius 2 is 2.35 bits per heavy atom. The first-order chi connectivity index (χ1) is 9.65. The third kappa shape index (κ3) is 2.38. The molecule has 0 saturated carbocycles. The van der Waals surface area contributed by atoms with Crippen LogP contribution in [0, 0.1) is 0 Å². The predicted molar refractivity (Wildman–Crippen MR) is 77.1 cm³/mol. The highest BCUT2D eigenvalue weighted by Crippen LogP contribution is 2.14. The number of nitrogens with zero attached hydrogens (tertiary/aromatic N) is 4. The molecule has 6 nitrogen and oxygen atoms in total. The van der Waals surface area contributed by atoms with Crippen LogP contribution in [0.3, 0.4) is 0 Å². The van der Waals surface area contributed by atoms with Gasteiger partial charge in [0.2, 0.25) is 5.95 Å². The largest absolute Gasteiger partial charge is 0.376 e. The Hall–Kier alpha value is -1.95. The van der Waals surface area contributed by atoms with Crippen molar-refractivity contribution >= 4 is 16.9 Å². The second-order valence-electron chi connectivity index (χ2n) is 5.27. The standard InChI is InChI=1S/C14H18N4O2/c1-17(2)14-15-8-11-12(16-14)5-6-18(13(11)19)9-10-4-3-7-20-10/h5-6,8,10H,3-4,7,9H2,1-2H3. The predicted octanol–water partition coefficient (Wildman–Crippen LogP) is 1.04. The van der Waals surface area contributed by atoms with Gasteiger partial charge < -0.3 is 14.2 Å². The van der Waals surface area contributed by atoms with Gasteiger partial charge in [-0.2, -0.15) is 0 Å². The summed E-state index contributed by atoms with van der Waals surface area (Å²) in [5.74, 6) is 0.605. The Balaban J connectivity index is 1.98. The van der Waals surface area contributed by atoms with E-state index in [2.05, 4.69) is 9.97 Å². The molecule has 1 atom stereocenters. The number of pyridine rings is 1. The maximum Gasteiger partial charge on any atom is 0.261 e. The van der Waals surface area contributed by atoms with Gasteiger partial charge in [0.25, 0.3) is 5.56 Å². The fourth-order valence-electron chi connectivity index (χ4n) is 2.43. The van der Waals surface area contributed by atoms with Gasteiger partial charge in [-0.15, -0.1) is 0 Å². The molecule has 6 heteroatoms. The number of anilines is 1. The average molecular weight is 274 g/mol. The molecule has 0 N–H and O–H groups in total. The molecule has 0 aliphatic carbocycles. The van der Waals surface area contributed by atoms with Gasteiger partial charge in [-0.3, -0.25) is 4.79 Å². The summed E-state index contributed by atoms with van der Waals surface area (Å²) in [5.41, 5.74) is 0.626. The molecule has 3 rings (SSSR count). The average Bonchev–Trinajstić information content (AvgIpc) is 2.94. The summed E-state index contributed by atoms with van der Waals surface area (Å²) in [6.07, 6.45) is 5.63. The summed E-state index contributed by atoms with van der Waals surface area (Å²) >= 11 is 0. The number of ether oxygens (including phenoxy) is 1. The summed E-state index contributed by atoms with van der Waals surface area (Å²) in [6, 6.07) is 1.86. The molecule has 1 aliphatic heterocycles. The lowest BCUT2D eigenvalue weighted by atomic mass is 10.2.